The first-order valence-electron chi connectivity index (χ1n) is 11.3. The number of hydrogen-bond acceptors (Lipinski definition) is 10. The highest BCUT2D eigenvalue weighted by Crippen LogP contribution is 2.44. The average molecular weight is 518 g/mol. The van der Waals surface area contributed by atoms with Crippen molar-refractivity contribution in [2.75, 3.05) is 6.61 Å². The highest BCUT2D eigenvalue weighted by atomic mass is 32.1. The van der Waals surface area contributed by atoms with Crippen molar-refractivity contribution >= 4 is 60.3 Å². The van der Waals surface area contributed by atoms with E-state index in [9.17, 15) is 24.5 Å². The minimum Gasteiger partial charge on any atom is -0.462 e. The molecule has 0 N–H and O–H groups in total. The quantitative estimate of drug-likeness (QED) is 0.127. The van der Waals surface area contributed by atoms with Crippen LogP contribution in [0.25, 0.3) is 42.7 Å². The summed E-state index contributed by atoms with van der Waals surface area (Å²) in [5.74, 6) is -0.998. The van der Waals surface area contributed by atoms with Crippen molar-refractivity contribution in [2.24, 2.45) is 0 Å². The molecule has 0 aliphatic carbocycles. The second-order valence-corrected chi connectivity index (χ2v) is 9.41. The Morgan fingerprint density at radius 1 is 1.14 bits per heavy atom. The molecule has 0 fully saturated rings. The van der Waals surface area contributed by atoms with E-state index < -0.39 is 22.3 Å². The Morgan fingerprint density at radius 2 is 1.84 bits per heavy atom. The van der Waals surface area contributed by atoms with Crippen molar-refractivity contribution in [2.45, 2.75) is 27.7 Å². The average Bonchev–Trinajstić information content (AvgIpc) is 3.19. The number of pyridine rings is 2. The van der Waals surface area contributed by atoms with Crippen molar-refractivity contribution in [1.82, 2.24) is 9.97 Å². The fraction of sp³-hybridized carbons (Fsp3) is 0.192. The number of esters is 1. The number of hydrogen-bond donors (Lipinski definition) is 0. The van der Waals surface area contributed by atoms with Crippen LogP contribution in [0.5, 0.6) is 0 Å². The SMILES string of the molecule is CCOC(=O)c1cc(C)nc2sc3c(-c4ccc([N+](=O)[O-])cc4)c4c(C)c(C(C)=O)c(=O)oc4nc3c12. The number of aromatic nitrogens is 2. The molecular formula is C26H19N3O7S. The highest BCUT2D eigenvalue weighted by Gasteiger charge is 2.26. The highest BCUT2D eigenvalue weighted by molar-refractivity contribution is 7.26. The van der Waals surface area contributed by atoms with Gasteiger partial charge in [0.2, 0.25) is 5.71 Å². The van der Waals surface area contributed by atoms with E-state index in [1.807, 2.05) is 0 Å². The molecule has 0 unspecified atom stereocenters. The van der Waals surface area contributed by atoms with E-state index in [4.69, 9.17) is 9.15 Å². The lowest BCUT2D eigenvalue weighted by molar-refractivity contribution is -0.384. The zero-order valence-corrected chi connectivity index (χ0v) is 21.0. The molecule has 186 valence electrons. The molecule has 4 heterocycles. The summed E-state index contributed by atoms with van der Waals surface area (Å²) in [7, 11) is 0. The third kappa shape index (κ3) is 3.84. The van der Waals surface area contributed by atoms with E-state index in [-0.39, 0.29) is 29.1 Å². The van der Waals surface area contributed by atoms with Gasteiger partial charge in [-0.25, -0.2) is 19.6 Å². The molecule has 1 aromatic carbocycles. The molecule has 0 saturated heterocycles. The second-order valence-electron chi connectivity index (χ2n) is 8.41. The summed E-state index contributed by atoms with van der Waals surface area (Å²) >= 11 is 1.28. The maximum absolute atomic E-state index is 12.9. The molecule has 0 radical (unpaired) electrons. The molecule has 0 aliphatic heterocycles. The molecule has 5 aromatic rings. The number of Topliss-reactive ketones (excluding diaryl/α,β-unsaturated/α-hetero) is 1. The van der Waals surface area contributed by atoms with E-state index in [1.165, 1.54) is 30.4 Å². The Kier molecular flexibility index (Phi) is 5.79. The van der Waals surface area contributed by atoms with Crippen LogP contribution in [0.2, 0.25) is 0 Å². The molecule has 0 bridgehead atoms. The number of aryl methyl sites for hydroxylation is 2. The molecule has 0 aliphatic rings. The van der Waals surface area contributed by atoms with Gasteiger partial charge in [0.05, 0.1) is 38.1 Å². The molecule has 4 aromatic heterocycles. The molecule has 5 rings (SSSR count). The van der Waals surface area contributed by atoms with Gasteiger partial charge in [-0.3, -0.25) is 14.9 Å². The maximum Gasteiger partial charge on any atom is 0.348 e. The first kappa shape index (κ1) is 24.2. The molecule has 0 amide bonds. The van der Waals surface area contributed by atoms with Crippen molar-refractivity contribution in [3.63, 3.8) is 0 Å². The lowest BCUT2D eigenvalue weighted by Crippen LogP contribution is -2.15. The van der Waals surface area contributed by atoms with Crippen LogP contribution in [0.4, 0.5) is 5.69 Å². The first-order valence-corrected chi connectivity index (χ1v) is 12.1. The number of nitrogens with zero attached hydrogens (tertiary/aromatic N) is 3. The standard InChI is InChI=1S/C26H19N3O7S/c1-5-35-25(31)16-10-11(2)27-24-20(16)21-22(37-24)19(14-6-8-15(9-7-14)29(33)34)18-12(3)17(13(4)30)26(32)36-23(18)28-21/h6-10H,5H2,1-4H3. The van der Waals surface area contributed by atoms with Crippen LogP contribution in [0.3, 0.4) is 0 Å². The van der Waals surface area contributed by atoms with Crippen molar-refractivity contribution in [3.05, 3.63) is 73.3 Å². The zero-order chi connectivity index (χ0) is 26.6. The minimum absolute atomic E-state index is 0.0246. The van der Waals surface area contributed by atoms with Crippen LogP contribution in [0.1, 0.15) is 45.8 Å². The van der Waals surface area contributed by atoms with E-state index in [2.05, 4.69) is 9.97 Å². The molecule has 10 nitrogen and oxygen atoms in total. The Balaban J connectivity index is 2.01. The smallest absolute Gasteiger partial charge is 0.348 e. The Labute approximate surface area is 212 Å². The Hall–Kier alpha value is -4.51. The van der Waals surface area contributed by atoms with Gasteiger partial charge in [-0.05, 0) is 57.0 Å². The predicted molar refractivity (Wildman–Crippen MR) is 138 cm³/mol. The number of thiophene rings is 1. The number of ether oxygens (including phenoxy) is 1. The summed E-state index contributed by atoms with van der Waals surface area (Å²) in [6.07, 6.45) is 0. The van der Waals surface area contributed by atoms with Gasteiger partial charge in [-0.1, -0.05) is 0 Å². The van der Waals surface area contributed by atoms with Crippen LogP contribution < -0.4 is 5.63 Å². The van der Waals surface area contributed by atoms with Gasteiger partial charge in [0.25, 0.3) is 5.69 Å². The van der Waals surface area contributed by atoms with Gasteiger partial charge >= 0.3 is 11.6 Å². The lowest BCUT2D eigenvalue weighted by Gasteiger charge is -2.12. The number of non-ortho nitro benzene ring substituents is 1. The number of nitro benzene ring substituents is 1. The minimum atomic E-state index is -0.821. The van der Waals surface area contributed by atoms with Gasteiger partial charge in [-0.15, -0.1) is 11.3 Å². The third-order valence-corrected chi connectivity index (χ3v) is 7.12. The van der Waals surface area contributed by atoms with Gasteiger partial charge in [0.15, 0.2) is 5.78 Å². The van der Waals surface area contributed by atoms with Crippen LogP contribution in [0.15, 0.2) is 39.5 Å². The number of nitro groups is 1. The van der Waals surface area contributed by atoms with E-state index in [1.54, 1.807) is 39.0 Å². The number of carbonyl (C=O) groups is 2. The summed E-state index contributed by atoms with van der Waals surface area (Å²) in [4.78, 5) is 58.4. The summed E-state index contributed by atoms with van der Waals surface area (Å²) in [5, 5.41) is 12.1. The molecule has 0 spiro atoms. The first-order chi connectivity index (χ1) is 17.6. The molecular weight excluding hydrogens is 498 g/mol. The third-order valence-electron chi connectivity index (χ3n) is 6.03. The number of fused-ring (bicyclic) bond motifs is 4. The second kappa shape index (κ2) is 8.86. The van der Waals surface area contributed by atoms with Gasteiger partial charge < -0.3 is 9.15 Å². The fourth-order valence-electron chi connectivity index (χ4n) is 4.50. The van der Waals surface area contributed by atoms with Crippen LogP contribution in [0, 0.1) is 24.0 Å². The summed E-state index contributed by atoms with van der Waals surface area (Å²) in [6.45, 7) is 6.56. The topological polar surface area (TPSA) is 142 Å². The van der Waals surface area contributed by atoms with Crippen LogP contribution in [-0.2, 0) is 4.74 Å². The zero-order valence-electron chi connectivity index (χ0n) is 20.2. The molecule has 0 atom stereocenters. The van der Waals surface area contributed by atoms with E-state index in [0.717, 1.165) is 0 Å². The predicted octanol–water partition coefficient (Wildman–Crippen LogP) is 5.52. The van der Waals surface area contributed by atoms with Gasteiger partial charge in [0, 0.05) is 23.4 Å². The number of rotatable bonds is 5. The summed E-state index contributed by atoms with van der Waals surface area (Å²) in [5.41, 5.74) is 1.74. The van der Waals surface area contributed by atoms with E-state index in [0.29, 0.717) is 48.2 Å². The largest absolute Gasteiger partial charge is 0.462 e. The molecule has 37 heavy (non-hydrogen) atoms. The number of ketones is 1. The molecule has 11 heteroatoms. The maximum atomic E-state index is 12.9. The molecule has 0 saturated carbocycles. The normalized spacial score (nSPS) is 11.4. The lowest BCUT2D eigenvalue weighted by atomic mass is 9.96. The van der Waals surface area contributed by atoms with Crippen LogP contribution in [-0.4, -0.2) is 33.3 Å². The Bertz CT molecular complexity index is 1850. The van der Waals surface area contributed by atoms with Crippen molar-refractivity contribution < 1.29 is 23.7 Å². The van der Waals surface area contributed by atoms with E-state index >= 15 is 0 Å². The summed E-state index contributed by atoms with van der Waals surface area (Å²) in [6, 6.07) is 7.52. The van der Waals surface area contributed by atoms with Crippen molar-refractivity contribution in [1.29, 1.82) is 0 Å². The fourth-order valence-corrected chi connectivity index (χ4v) is 5.76. The van der Waals surface area contributed by atoms with Gasteiger partial charge in [0.1, 0.15) is 10.4 Å². The van der Waals surface area contributed by atoms with Gasteiger partial charge in [-0.2, -0.15) is 0 Å². The monoisotopic (exact) mass is 517 g/mol. The summed E-state index contributed by atoms with van der Waals surface area (Å²) < 4.78 is 11.4. The van der Waals surface area contributed by atoms with Crippen molar-refractivity contribution in [3.8, 4) is 11.1 Å². The number of carbonyl (C=O) groups excluding carboxylic acids is 2. The number of benzene rings is 1. The Morgan fingerprint density at radius 3 is 2.46 bits per heavy atom. The van der Waals surface area contributed by atoms with Crippen LogP contribution >= 0.6 is 11.3 Å².